The molecule has 15 heavy (non-hydrogen) atoms. The fourth-order valence-electron chi connectivity index (χ4n) is 1.84. The smallest absolute Gasteiger partial charge is 0.181 e. The van der Waals surface area contributed by atoms with E-state index in [0.717, 1.165) is 23.9 Å². The second-order valence-electron chi connectivity index (χ2n) is 3.74. The van der Waals surface area contributed by atoms with Crippen molar-refractivity contribution in [3.63, 3.8) is 0 Å². The van der Waals surface area contributed by atoms with Crippen LogP contribution in [0.4, 0.5) is 5.69 Å². The lowest BCUT2D eigenvalue weighted by Gasteiger charge is -2.11. The lowest BCUT2D eigenvalue weighted by Crippen LogP contribution is -2.31. The molecule has 1 unspecified atom stereocenters. The highest BCUT2D eigenvalue weighted by molar-refractivity contribution is 9.10. The van der Waals surface area contributed by atoms with Gasteiger partial charge >= 0.3 is 0 Å². The molecule has 0 aliphatic carbocycles. The quantitative estimate of drug-likeness (QED) is 0.637. The second-order valence-corrected chi connectivity index (χ2v) is 4.66. The maximum absolute atomic E-state index is 12.1. The molecular weight excluding hydrogens is 256 g/mol. The number of Topliss-reactive ketones (excluding diaryl/α,β-unsaturated/α-hetero) is 1. The van der Waals surface area contributed by atoms with Gasteiger partial charge in [0.2, 0.25) is 0 Å². The first kappa shape index (κ1) is 10.6. The van der Waals surface area contributed by atoms with Gasteiger partial charge in [0.05, 0.1) is 6.04 Å². The highest BCUT2D eigenvalue weighted by atomic mass is 79.9. The molecule has 0 amide bonds. The first-order valence-corrected chi connectivity index (χ1v) is 5.80. The predicted molar refractivity (Wildman–Crippen MR) is 63.9 cm³/mol. The fourth-order valence-corrected chi connectivity index (χ4v) is 2.20. The van der Waals surface area contributed by atoms with E-state index in [1.807, 2.05) is 6.07 Å². The normalized spacial score (nSPS) is 20.5. The van der Waals surface area contributed by atoms with Crippen LogP contribution in [0.25, 0.3) is 0 Å². The SMILES string of the molecule is Nc1ccc(Br)cc1C(=O)C1CCCN1. The molecule has 2 rings (SSSR count). The monoisotopic (exact) mass is 268 g/mol. The van der Waals surface area contributed by atoms with E-state index in [9.17, 15) is 4.79 Å². The van der Waals surface area contributed by atoms with Crippen molar-refractivity contribution in [2.75, 3.05) is 12.3 Å². The predicted octanol–water partition coefficient (Wildman–Crippen LogP) is 1.97. The minimum atomic E-state index is -0.0541. The van der Waals surface area contributed by atoms with Gasteiger partial charge in [0.15, 0.2) is 5.78 Å². The molecule has 1 aromatic carbocycles. The molecule has 0 bridgehead atoms. The summed E-state index contributed by atoms with van der Waals surface area (Å²) < 4.78 is 0.887. The van der Waals surface area contributed by atoms with Gasteiger partial charge in [0.25, 0.3) is 0 Å². The number of hydrogen-bond acceptors (Lipinski definition) is 3. The lowest BCUT2D eigenvalue weighted by molar-refractivity contribution is 0.0953. The van der Waals surface area contributed by atoms with E-state index in [1.165, 1.54) is 0 Å². The molecule has 0 aromatic heterocycles. The number of rotatable bonds is 2. The van der Waals surface area contributed by atoms with Crippen LogP contribution in [-0.2, 0) is 0 Å². The van der Waals surface area contributed by atoms with Crippen molar-refractivity contribution in [3.05, 3.63) is 28.2 Å². The molecule has 4 heteroatoms. The van der Waals surface area contributed by atoms with Crippen molar-refractivity contribution in [2.24, 2.45) is 0 Å². The van der Waals surface area contributed by atoms with Gasteiger partial charge in [-0.25, -0.2) is 0 Å². The third-order valence-electron chi connectivity index (χ3n) is 2.66. The molecule has 1 atom stereocenters. The summed E-state index contributed by atoms with van der Waals surface area (Å²) in [5.74, 6) is 0.103. The number of nitrogen functional groups attached to an aromatic ring is 1. The van der Waals surface area contributed by atoms with E-state index < -0.39 is 0 Å². The number of carbonyl (C=O) groups excluding carboxylic acids is 1. The van der Waals surface area contributed by atoms with Crippen LogP contribution in [0.3, 0.4) is 0 Å². The maximum atomic E-state index is 12.1. The van der Waals surface area contributed by atoms with Crippen molar-refractivity contribution in [1.29, 1.82) is 0 Å². The second kappa shape index (κ2) is 4.33. The number of anilines is 1. The number of hydrogen-bond donors (Lipinski definition) is 2. The average molecular weight is 269 g/mol. The molecule has 1 aromatic rings. The van der Waals surface area contributed by atoms with Crippen molar-refractivity contribution in [1.82, 2.24) is 5.32 Å². The molecule has 1 heterocycles. The van der Waals surface area contributed by atoms with Gasteiger partial charge in [-0.1, -0.05) is 15.9 Å². The number of nitrogens with one attached hydrogen (secondary N) is 1. The molecule has 1 saturated heterocycles. The van der Waals surface area contributed by atoms with Gasteiger partial charge < -0.3 is 11.1 Å². The van der Waals surface area contributed by atoms with E-state index in [1.54, 1.807) is 12.1 Å². The lowest BCUT2D eigenvalue weighted by atomic mass is 10.0. The van der Waals surface area contributed by atoms with E-state index >= 15 is 0 Å². The first-order chi connectivity index (χ1) is 7.18. The van der Waals surface area contributed by atoms with Crippen LogP contribution in [0.2, 0.25) is 0 Å². The number of nitrogens with two attached hydrogens (primary N) is 1. The van der Waals surface area contributed by atoms with Crippen LogP contribution in [0, 0.1) is 0 Å². The number of benzene rings is 1. The molecule has 80 valence electrons. The molecular formula is C11H13BrN2O. The summed E-state index contributed by atoms with van der Waals surface area (Å²) in [7, 11) is 0. The minimum Gasteiger partial charge on any atom is -0.398 e. The molecule has 0 saturated carbocycles. The Bertz CT molecular complexity index is 386. The highest BCUT2D eigenvalue weighted by Gasteiger charge is 2.24. The minimum absolute atomic E-state index is 0.0541. The van der Waals surface area contributed by atoms with Gasteiger partial charge in [0, 0.05) is 15.7 Å². The molecule has 0 spiro atoms. The molecule has 1 fully saturated rings. The van der Waals surface area contributed by atoms with E-state index in [-0.39, 0.29) is 11.8 Å². The van der Waals surface area contributed by atoms with Gasteiger partial charge in [0.1, 0.15) is 0 Å². The van der Waals surface area contributed by atoms with Crippen LogP contribution >= 0.6 is 15.9 Å². The van der Waals surface area contributed by atoms with Crippen LogP contribution in [-0.4, -0.2) is 18.4 Å². The Kier molecular flexibility index (Phi) is 3.07. The van der Waals surface area contributed by atoms with E-state index in [2.05, 4.69) is 21.2 Å². The molecule has 3 nitrogen and oxygen atoms in total. The Morgan fingerprint density at radius 1 is 1.53 bits per heavy atom. The van der Waals surface area contributed by atoms with Crippen molar-refractivity contribution in [3.8, 4) is 0 Å². The largest absolute Gasteiger partial charge is 0.398 e. The Hall–Kier alpha value is -0.870. The average Bonchev–Trinajstić information content (AvgIpc) is 2.74. The molecule has 1 aliphatic rings. The summed E-state index contributed by atoms with van der Waals surface area (Å²) >= 11 is 3.34. The first-order valence-electron chi connectivity index (χ1n) is 5.01. The van der Waals surface area contributed by atoms with E-state index in [4.69, 9.17) is 5.73 Å². The summed E-state index contributed by atoms with van der Waals surface area (Å²) in [4.78, 5) is 12.1. The summed E-state index contributed by atoms with van der Waals surface area (Å²) in [6, 6.07) is 5.33. The third kappa shape index (κ3) is 2.21. The van der Waals surface area contributed by atoms with Crippen molar-refractivity contribution >= 4 is 27.4 Å². The summed E-state index contributed by atoms with van der Waals surface area (Å²) in [5.41, 5.74) is 6.96. The van der Waals surface area contributed by atoms with Gasteiger partial charge in [-0.3, -0.25) is 4.79 Å². The Labute approximate surface area is 97.2 Å². The molecule has 1 aliphatic heterocycles. The summed E-state index contributed by atoms with van der Waals surface area (Å²) in [6.45, 7) is 0.921. The van der Waals surface area contributed by atoms with Gasteiger partial charge in [-0.2, -0.15) is 0 Å². The zero-order valence-electron chi connectivity index (χ0n) is 8.29. The topological polar surface area (TPSA) is 55.1 Å². The summed E-state index contributed by atoms with van der Waals surface area (Å²) in [5, 5.41) is 3.18. The standard InChI is InChI=1S/C11H13BrN2O/c12-7-3-4-9(13)8(6-7)11(15)10-2-1-5-14-10/h3-4,6,10,14H,1-2,5,13H2. The van der Waals surface area contributed by atoms with Crippen LogP contribution in [0.15, 0.2) is 22.7 Å². The van der Waals surface area contributed by atoms with Crippen LogP contribution in [0.5, 0.6) is 0 Å². The Morgan fingerprint density at radius 3 is 3.00 bits per heavy atom. The molecule has 0 radical (unpaired) electrons. The highest BCUT2D eigenvalue weighted by Crippen LogP contribution is 2.21. The van der Waals surface area contributed by atoms with E-state index in [0.29, 0.717) is 11.3 Å². The summed E-state index contributed by atoms with van der Waals surface area (Å²) in [6.07, 6.45) is 1.97. The molecule has 3 N–H and O–H groups in total. The van der Waals surface area contributed by atoms with Crippen molar-refractivity contribution in [2.45, 2.75) is 18.9 Å². The number of carbonyl (C=O) groups is 1. The van der Waals surface area contributed by atoms with Crippen LogP contribution in [0.1, 0.15) is 23.2 Å². The zero-order chi connectivity index (χ0) is 10.8. The third-order valence-corrected chi connectivity index (χ3v) is 3.15. The number of halogens is 1. The fraction of sp³-hybridized carbons (Fsp3) is 0.364. The van der Waals surface area contributed by atoms with Crippen molar-refractivity contribution < 1.29 is 4.79 Å². The Morgan fingerprint density at radius 2 is 2.33 bits per heavy atom. The van der Waals surface area contributed by atoms with Crippen LogP contribution < -0.4 is 11.1 Å². The zero-order valence-corrected chi connectivity index (χ0v) is 9.88. The number of ketones is 1. The van der Waals surface area contributed by atoms with Gasteiger partial charge in [-0.05, 0) is 37.6 Å². The maximum Gasteiger partial charge on any atom is 0.181 e. The van der Waals surface area contributed by atoms with Gasteiger partial charge in [-0.15, -0.1) is 0 Å². The Balaban J connectivity index is 2.27.